The monoisotopic (exact) mass is 208 g/mol. The van der Waals surface area contributed by atoms with Gasteiger partial charge in [-0.1, -0.05) is 0 Å². The van der Waals surface area contributed by atoms with Crippen LogP contribution in [0.25, 0.3) is 0 Å². The number of hydrogen-bond donors (Lipinski definition) is 0. The smallest absolute Gasteiger partial charge is 0.349 e. The van der Waals surface area contributed by atoms with Gasteiger partial charge in [-0.2, -0.15) is 0 Å². The van der Waals surface area contributed by atoms with E-state index in [0.29, 0.717) is 4.88 Å². The molecule has 0 aliphatic heterocycles. The molecule has 0 aliphatic rings. The molecule has 5 heteroatoms. The molecule has 0 saturated carbocycles. The Labute approximate surface area is 77.0 Å². The molecule has 0 spiro atoms. The lowest BCUT2D eigenvalue weighted by Crippen LogP contribution is -1.98. The van der Waals surface area contributed by atoms with Crippen molar-refractivity contribution in [3.8, 4) is 0 Å². The third kappa shape index (κ3) is 1.89. The quantitative estimate of drug-likeness (QED) is 0.700. The molecule has 0 unspecified atom stereocenters. The minimum Gasteiger partial charge on any atom is -0.465 e. The van der Waals surface area contributed by atoms with Crippen LogP contribution in [0.4, 0.5) is 0 Å². The Bertz CT molecular complexity index is 259. The molecule has 0 radical (unpaired) electrons. The summed E-state index contributed by atoms with van der Waals surface area (Å²) in [5.41, 5.74) is 0. The summed E-state index contributed by atoms with van der Waals surface area (Å²) in [6.45, 7) is 0. The molecule has 0 N–H and O–H groups in total. The lowest BCUT2D eigenvalue weighted by Gasteiger charge is -1.95. The normalized spacial score (nSPS) is 9.64. The van der Waals surface area contributed by atoms with E-state index in [4.69, 9.17) is 10.7 Å². The summed E-state index contributed by atoms with van der Waals surface area (Å²) in [5, 5.41) is 1.80. The van der Waals surface area contributed by atoms with Crippen molar-refractivity contribution in [1.29, 1.82) is 0 Å². The highest BCUT2D eigenvalue weighted by atomic mass is 35.7. The number of esters is 1. The first kappa shape index (κ1) is 8.90. The fraction of sp³-hybridized carbons (Fsp3) is 0.167. The topological polar surface area (TPSA) is 26.3 Å². The van der Waals surface area contributed by atoms with Crippen molar-refractivity contribution < 1.29 is 9.53 Å². The first-order chi connectivity index (χ1) is 5.29. The van der Waals surface area contributed by atoms with Gasteiger partial charge >= 0.3 is 5.97 Å². The van der Waals surface area contributed by atoms with Crippen LogP contribution in [0.2, 0.25) is 0 Å². The Hall–Kier alpha value is -0.190. The van der Waals surface area contributed by atoms with Crippen molar-refractivity contribution in [2.45, 2.75) is 4.90 Å². The van der Waals surface area contributed by atoms with Gasteiger partial charge in [-0.3, -0.25) is 0 Å². The molecule has 0 amide bonds. The van der Waals surface area contributed by atoms with Crippen molar-refractivity contribution >= 4 is 39.0 Å². The van der Waals surface area contributed by atoms with Gasteiger partial charge in [0, 0.05) is 4.90 Å². The molecular formula is C6H5ClO2S2. The Balaban J connectivity index is 2.92. The van der Waals surface area contributed by atoms with Crippen LogP contribution < -0.4 is 0 Å². The summed E-state index contributed by atoms with van der Waals surface area (Å²) < 4.78 is 4.54. The van der Waals surface area contributed by atoms with E-state index < -0.39 is 0 Å². The lowest BCUT2D eigenvalue weighted by molar-refractivity contribution is 0.0603. The number of carbonyl (C=O) groups excluding carboxylic acids is 1. The maximum Gasteiger partial charge on any atom is 0.349 e. The third-order valence-corrected chi connectivity index (χ3v) is 3.11. The highest BCUT2D eigenvalue weighted by molar-refractivity contribution is 8.21. The minimum atomic E-state index is -0.330. The van der Waals surface area contributed by atoms with Crippen molar-refractivity contribution in [2.75, 3.05) is 7.11 Å². The Morgan fingerprint density at radius 3 is 3.09 bits per heavy atom. The van der Waals surface area contributed by atoms with Crippen LogP contribution >= 0.6 is 33.0 Å². The van der Waals surface area contributed by atoms with Crippen LogP contribution in [0, 0.1) is 0 Å². The van der Waals surface area contributed by atoms with Gasteiger partial charge in [0.15, 0.2) is 0 Å². The van der Waals surface area contributed by atoms with Crippen molar-refractivity contribution in [2.24, 2.45) is 0 Å². The lowest BCUT2D eigenvalue weighted by atomic mass is 10.5. The van der Waals surface area contributed by atoms with Crippen molar-refractivity contribution in [3.63, 3.8) is 0 Å². The molecular weight excluding hydrogens is 204 g/mol. The largest absolute Gasteiger partial charge is 0.465 e. The zero-order chi connectivity index (χ0) is 8.27. The Morgan fingerprint density at radius 2 is 2.55 bits per heavy atom. The van der Waals surface area contributed by atoms with E-state index >= 15 is 0 Å². The van der Waals surface area contributed by atoms with Gasteiger partial charge in [0.2, 0.25) is 0 Å². The van der Waals surface area contributed by atoms with E-state index in [0.717, 1.165) is 15.9 Å². The van der Waals surface area contributed by atoms with Crippen LogP contribution in [-0.2, 0) is 4.74 Å². The average Bonchev–Trinajstić information content (AvgIpc) is 2.50. The number of thiophene rings is 1. The van der Waals surface area contributed by atoms with Crippen LogP contribution in [-0.4, -0.2) is 13.1 Å². The number of ether oxygens (including phenoxy) is 1. The predicted octanol–water partition coefficient (Wildman–Crippen LogP) is 2.78. The highest BCUT2D eigenvalue weighted by Gasteiger charge is 2.12. The second kappa shape index (κ2) is 3.99. The number of hydrogen-bond acceptors (Lipinski definition) is 4. The molecule has 60 valence electrons. The fourth-order valence-corrected chi connectivity index (χ4v) is 2.46. The minimum absolute atomic E-state index is 0.330. The van der Waals surface area contributed by atoms with E-state index in [-0.39, 0.29) is 5.97 Å². The van der Waals surface area contributed by atoms with Crippen molar-refractivity contribution in [3.05, 3.63) is 16.3 Å². The summed E-state index contributed by atoms with van der Waals surface area (Å²) in [7, 11) is 7.87. The van der Waals surface area contributed by atoms with E-state index in [1.165, 1.54) is 18.4 Å². The van der Waals surface area contributed by atoms with E-state index in [2.05, 4.69) is 4.74 Å². The van der Waals surface area contributed by atoms with Gasteiger partial charge in [0.05, 0.1) is 7.11 Å². The zero-order valence-electron chi connectivity index (χ0n) is 5.67. The SMILES string of the molecule is COC(=O)c1sccc1SCl. The second-order valence-corrected chi connectivity index (χ2v) is 3.66. The molecule has 11 heavy (non-hydrogen) atoms. The van der Waals surface area contributed by atoms with Crippen LogP contribution in [0.1, 0.15) is 9.67 Å². The van der Waals surface area contributed by atoms with Crippen molar-refractivity contribution in [1.82, 2.24) is 0 Å². The fourth-order valence-electron chi connectivity index (χ4n) is 0.600. The maximum absolute atomic E-state index is 11.0. The average molecular weight is 209 g/mol. The summed E-state index contributed by atoms with van der Waals surface area (Å²) in [4.78, 5) is 12.3. The summed E-state index contributed by atoms with van der Waals surface area (Å²) >= 11 is 1.33. The Morgan fingerprint density at radius 1 is 1.82 bits per heavy atom. The first-order valence-corrected chi connectivity index (χ1v) is 5.26. The van der Waals surface area contributed by atoms with Gasteiger partial charge in [-0.15, -0.1) is 11.3 Å². The van der Waals surface area contributed by atoms with Crippen LogP contribution in [0.5, 0.6) is 0 Å². The molecule has 1 heterocycles. The molecule has 0 fully saturated rings. The summed E-state index contributed by atoms with van der Waals surface area (Å²) in [5.74, 6) is -0.330. The van der Waals surface area contributed by atoms with Gasteiger partial charge < -0.3 is 4.74 Å². The molecule has 1 aromatic heterocycles. The molecule has 0 saturated heterocycles. The Kier molecular flexibility index (Phi) is 3.23. The van der Waals surface area contributed by atoms with Gasteiger partial charge in [0.1, 0.15) is 4.88 Å². The number of rotatable bonds is 2. The number of methoxy groups -OCH3 is 1. The molecule has 2 nitrogen and oxygen atoms in total. The number of halogens is 1. The first-order valence-electron chi connectivity index (χ1n) is 2.74. The second-order valence-electron chi connectivity index (χ2n) is 1.68. The highest BCUT2D eigenvalue weighted by Crippen LogP contribution is 2.30. The summed E-state index contributed by atoms with van der Waals surface area (Å²) in [6, 6.07) is 1.79. The molecule has 0 atom stereocenters. The zero-order valence-corrected chi connectivity index (χ0v) is 8.05. The van der Waals surface area contributed by atoms with E-state index in [1.54, 1.807) is 11.4 Å². The van der Waals surface area contributed by atoms with E-state index in [1.807, 2.05) is 0 Å². The van der Waals surface area contributed by atoms with Crippen LogP contribution in [0.15, 0.2) is 16.3 Å². The van der Waals surface area contributed by atoms with Crippen LogP contribution in [0.3, 0.4) is 0 Å². The number of carbonyl (C=O) groups is 1. The van der Waals surface area contributed by atoms with Gasteiger partial charge in [-0.25, -0.2) is 4.79 Å². The third-order valence-electron chi connectivity index (χ3n) is 1.08. The van der Waals surface area contributed by atoms with Gasteiger partial charge in [0.25, 0.3) is 0 Å². The molecule has 1 aromatic rings. The van der Waals surface area contributed by atoms with E-state index in [9.17, 15) is 4.79 Å². The predicted molar refractivity (Wildman–Crippen MR) is 47.4 cm³/mol. The molecule has 0 aromatic carbocycles. The summed E-state index contributed by atoms with van der Waals surface area (Å²) in [6.07, 6.45) is 0. The standard InChI is InChI=1S/C6H5ClO2S2/c1-9-6(8)5-4(11-7)2-3-10-5/h2-3H,1H3. The maximum atomic E-state index is 11.0. The molecule has 0 aliphatic carbocycles. The molecule has 1 rings (SSSR count). The van der Waals surface area contributed by atoms with Gasteiger partial charge in [-0.05, 0) is 33.1 Å². The molecule has 0 bridgehead atoms.